The Morgan fingerprint density at radius 1 is 0.552 bits per heavy atom. The predicted molar refractivity (Wildman–Crippen MR) is 275 cm³/mol. The maximum absolute atomic E-state index is 6.69. The van der Waals surface area contributed by atoms with E-state index in [-0.39, 0.29) is 37.3 Å². The molecule has 7 aromatic carbocycles. The van der Waals surface area contributed by atoms with Crippen LogP contribution in [-0.2, 0) is 37.3 Å². The van der Waals surface area contributed by atoms with Crippen molar-refractivity contribution in [1.29, 1.82) is 0 Å². The van der Waals surface area contributed by atoms with Gasteiger partial charge >= 0.3 is 32.8 Å². The topological polar surface area (TPSA) is 33.1 Å². The minimum Gasteiger partial charge on any atom is -0.509 e. The van der Waals surface area contributed by atoms with Gasteiger partial charge in [-0.15, -0.1) is 23.6 Å². The Bertz CT molecular complexity index is 3460. The van der Waals surface area contributed by atoms with Gasteiger partial charge in [-0.3, -0.25) is 0 Å². The van der Waals surface area contributed by atoms with Crippen molar-refractivity contribution in [2.45, 2.75) is 85.5 Å². The molecule has 0 saturated heterocycles. The fourth-order valence-electron chi connectivity index (χ4n) is 9.05. The minimum absolute atomic E-state index is 0. The number of pyridine rings is 1. The van der Waals surface area contributed by atoms with Crippen LogP contribution in [0.4, 0.5) is 22.7 Å². The molecule has 3 heterocycles. The zero-order chi connectivity index (χ0) is 46.1. The van der Waals surface area contributed by atoms with Crippen LogP contribution in [0.2, 0.25) is 0 Å². The van der Waals surface area contributed by atoms with Crippen LogP contribution in [-0.4, -0.2) is 15.6 Å². The van der Waals surface area contributed by atoms with Crippen molar-refractivity contribution < 1.29 is 25.8 Å². The van der Waals surface area contributed by atoms with E-state index in [2.05, 4.69) is 235 Å². The van der Waals surface area contributed by atoms with Crippen LogP contribution in [0.1, 0.15) is 84.6 Å². The van der Waals surface area contributed by atoms with Gasteiger partial charge in [-0.1, -0.05) is 169 Å². The third-order valence-electron chi connectivity index (χ3n) is 12.8. The van der Waals surface area contributed by atoms with Gasteiger partial charge in [0.25, 0.3) is 5.69 Å². The molecule has 9 aromatic rings. The van der Waals surface area contributed by atoms with Crippen molar-refractivity contribution in [1.82, 2.24) is 18.7 Å². The zero-order valence-electron chi connectivity index (χ0n) is 40.0. The van der Waals surface area contributed by atoms with E-state index >= 15 is 0 Å². The van der Waals surface area contributed by atoms with Crippen LogP contribution in [0.25, 0.3) is 49.9 Å². The fraction of sp³-hybridized carbons (Fsp3) is 0.213. The molecule has 0 saturated carbocycles. The number of nitrogens with zero attached hydrogens (tertiary/aromatic N) is 4. The van der Waals surface area contributed by atoms with Gasteiger partial charge in [-0.05, 0) is 84.7 Å². The van der Waals surface area contributed by atoms with Crippen molar-refractivity contribution >= 4 is 50.6 Å². The molecule has 0 bridgehead atoms. The van der Waals surface area contributed by atoms with Crippen molar-refractivity contribution in [2.24, 2.45) is 0 Å². The standard InChI is InChI=1S/C61H56N4O.Pt/c1-40-32-57(62-38-53(40)42-19-14-21-44(34-42)60(5,6)7)65-54-28-12-11-26-51(54)52-31-30-49(37-56(52)65)66-48-25-16-24-47(36-48)63-39-64(46-23-15-22-45(35-46)61(8,9)10)58-50(27-17-29-55(58)63)41-18-13-20-43(33-41)59(2,3)4;/h11-35,38H,1-10H3;/q;+2. The second-order valence-electron chi connectivity index (χ2n) is 20.7. The SMILES string of the molecule is Cc1cc(-n2c3[c-]c(Oc4[c-]c([N+]5=C=[N+](c6cccc(C(C)(C)C)c6)c6c(-c7cccc(C(C)(C)C)c7)cccc65)ccc4)ccc3c3ccccc32)ncc1-c1cccc(C(C)(C)C)c1.[Pt+2]. The number of ether oxygens (including phenoxy) is 1. The molecule has 334 valence electrons. The normalized spacial score (nSPS) is 12.7. The summed E-state index contributed by atoms with van der Waals surface area (Å²) in [5.41, 5.74) is 15.5. The monoisotopic (exact) mass is 1060 g/mol. The summed E-state index contributed by atoms with van der Waals surface area (Å²) in [5.74, 6) is 1.99. The minimum atomic E-state index is -0.0220. The molecule has 0 amide bonds. The molecule has 10 rings (SSSR count). The average molecular weight is 1060 g/mol. The van der Waals surface area contributed by atoms with Gasteiger partial charge in [0.15, 0.2) is 0 Å². The number of benzene rings is 7. The van der Waals surface area contributed by atoms with Crippen LogP contribution >= 0.6 is 0 Å². The van der Waals surface area contributed by atoms with Crippen molar-refractivity contribution in [3.8, 4) is 39.6 Å². The summed E-state index contributed by atoms with van der Waals surface area (Å²) in [4.78, 5) is 5.10. The number of hydrogen-bond donors (Lipinski definition) is 0. The smallest absolute Gasteiger partial charge is 0.509 e. The summed E-state index contributed by atoms with van der Waals surface area (Å²) in [6.45, 7) is 22.5. The van der Waals surface area contributed by atoms with E-state index in [9.17, 15) is 0 Å². The van der Waals surface area contributed by atoms with Gasteiger partial charge in [0.05, 0.1) is 5.56 Å². The average Bonchev–Trinajstić information content (AvgIpc) is 3.85. The molecule has 0 fully saturated rings. The van der Waals surface area contributed by atoms with Crippen molar-refractivity contribution in [3.63, 3.8) is 0 Å². The van der Waals surface area contributed by atoms with E-state index in [1.807, 2.05) is 24.4 Å². The first-order valence-electron chi connectivity index (χ1n) is 23.0. The van der Waals surface area contributed by atoms with Crippen molar-refractivity contribution in [2.75, 3.05) is 0 Å². The van der Waals surface area contributed by atoms with Crippen LogP contribution in [0.15, 0.2) is 158 Å². The molecule has 6 heteroatoms. The summed E-state index contributed by atoms with van der Waals surface area (Å²) in [6.07, 6.45) is 2.01. The molecule has 0 aliphatic carbocycles. The van der Waals surface area contributed by atoms with E-state index in [1.54, 1.807) is 0 Å². The molecule has 1 aliphatic rings. The van der Waals surface area contributed by atoms with Gasteiger partial charge in [-0.2, -0.15) is 12.1 Å². The Hall–Kier alpha value is -6.64. The Kier molecular flexibility index (Phi) is 11.7. The van der Waals surface area contributed by atoms with Crippen molar-refractivity contribution in [3.05, 3.63) is 192 Å². The molecule has 0 unspecified atom stereocenters. The van der Waals surface area contributed by atoms with Crippen LogP contribution < -0.4 is 13.9 Å². The summed E-state index contributed by atoms with van der Waals surface area (Å²) < 4.78 is 13.2. The Morgan fingerprint density at radius 2 is 1.16 bits per heavy atom. The van der Waals surface area contributed by atoms with E-state index in [0.29, 0.717) is 11.5 Å². The second kappa shape index (κ2) is 17.2. The number of aryl methyl sites for hydroxylation is 1. The van der Waals surface area contributed by atoms with E-state index in [0.717, 1.165) is 72.6 Å². The molecule has 1 aliphatic heterocycles. The van der Waals surface area contributed by atoms with Crippen LogP contribution in [0.5, 0.6) is 11.5 Å². The second-order valence-corrected chi connectivity index (χ2v) is 20.7. The van der Waals surface area contributed by atoms with Gasteiger partial charge in [0.1, 0.15) is 11.5 Å². The summed E-state index contributed by atoms with van der Waals surface area (Å²) in [5, 5.41) is 2.21. The third kappa shape index (κ3) is 8.64. The molecule has 2 aromatic heterocycles. The Morgan fingerprint density at radius 3 is 1.85 bits per heavy atom. The number of rotatable bonds is 7. The molecular formula is C61H56N4OPt+2. The molecule has 67 heavy (non-hydrogen) atoms. The summed E-state index contributed by atoms with van der Waals surface area (Å²) >= 11 is 0. The van der Waals surface area contributed by atoms with E-state index in [4.69, 9.17) is 9.72 Å². The summed E-state index contributed by atoms with van der Waals surface area (Å²) in [6, 6.07) is 64.9. The molecule has 5 nitrogen and oxygen atoms in total. The zero-order valence-corrected chi connectivity index (χ0v) is 42.3. The Balaban J connectivity index is 0.00000562. The first kappa shape index (κ1) is 45.5. The summed E-state index contributed by atoms with van der Waals surface area (Å²) in [7, 11) is 0. The quantitative estimate of drug-likeness (QED) is 0.118. The first-order valence-corrected chi connectivity index (χ1v) is 23.0. The fourth-order valence-corrected chi connectivity index (χ4v) is 9.05. The van der Waals surface area contributed by atoms with Gasteiger partial charge < -0.3 is 9.30 Å². The molecule has 0 atom stereocenters. The van der Waals surface area contributed by atoms with Crippen LogP contribution in [0, 0.1) is 19.1 Å². The van der Waals surface area contributed by atoms with Crippen LogP contribution in [0.3, 0.4) is 0 Å². The molecule has 0 N–H and O–H groups in total. The van der Waals surface area contributed by atoms with Gasteiger partial charge in [0.2, 0.25) is 5.69 Å². The molecular weight excluding hydrogens is 1000 g/mol. The number of fused-ring (bicyclic) bond motifs is 4. The number of aromatic nitrogens is 2. The van der Waals surface area contributed by atoms with Gasteiger partial charge in [-0.25, -0.2) is 4.98 Å². The maximum Gasteiger partial charge on any atom is 2.00 e. The third-order valence-corrected chi connectivity index (χ3v) is 12.8. The Labute approximate surface area is 410 Å². The number of para-hydroxylation sites is 2. The first-order chi connectivity index (χ1) is 31.5. The molecule has 0 spiro atoms. The van der Waals surface area contributed by atoms with E-state index < -0.39 is 0 Å². The number of hydrogen-bond acceptors (Lipinski definition) is 2. The predicted octanol–water partition coefficient (Wildman–Crippen LogP) is 16.0. The largest absolute Gasteiger partial charge is 2.00 e. The molecule has 0 radical (unpaired) electrons. The van der Waals surface area contributed by atoms with E-state index in [1.165, 1.54) is 22.3 Å². The van der Waals surface area contributed by atoms with Gasteiger partial charge in [0, 0.05) is 47.0 Å². The maximum atomic E-state index is 6.69.